The van der Waals surface area contributed by atoms with Crippen LogP contribution in [-0.4, -0.2) is 57.0 Å². The van der Waals surface area contributed by atoms with Crippen molar-refractivity contribution >= 4 is 13.7 Å². The number of aromatic amines is 1. The fourth-order valence-corrected chi connectivity index (χ4v) is 3.92. The molecule has 6 unspecified atom stereocenters. The van der Waals surface area contributed by atoms with Gasteiger partial charge in [-0.25, -0.2) is 14.4 Å². The van der Waals surface area contributed by atoms with Gasteiger partial charge in [-0.3, -0.25) is 23.7 Å². The highest BCUT2D eigenvalue weighted by atomic mass is 31.2. The summed E-state index contributed by atoms with van der Waals surface area (Å²) >= 11 is 0. The van der Waals surface area contributed by atoms with E-state index in [9.17, 15) is 28.9 Å². The summed E-state index contributed by atoms with van der Waals surface area (Å²) in [6, 6.07) is 0.0265. The van der Waals surface area contributed by atoms with Crippen LogP contribution >= 0.6 is 7.75 Å². The van der Waals surface area contributed by atoms with E-state index in [4.69, 9.17) is 14.0 Å². The van der Waals surface area contributed by atoms with E-state index in [1.54, 1.807) is 6.92 Å². The lowest BCUT2D eigenvalue weighted by atomic mass is 9.99. The van der Waals surface area contributed by atoms with Crippen LogP contribution in [0.15, 0.2) is 21.9 Å². The van der Waals surface area contributed by atoms with Crippen molar-refractivity contribution in [3.8, 4) is 0 Å². The molecule has 1 saturated heterocycles. The predicted octanol–water partition coefficient (Wildman–Crippen LogP) is 0.115. The summed E-state index contributed by atoms with van der Waals surface area (Å²) in [5, 5.41) is 12.6. The molecule has 1 aromatic rings. The summed E-state index contributed by atoms with van der Waals surface area (Å²) in [5.41, 5.74) is -1.55. The van der Waals surface area contributed by atoms with Crippen LogP contribution in [0, 0.1) is 11.3 Å². The number of nitrogens with zero attached hydrogens (tertiary/aromatic N) is 1. The van der Waals surface area contributed by atoms with E-state index in [1.807, 2.05) is 20.8 Å². The summed E-state index contributed by atoms with van der Waals surface area (Å²) in [5.74, 6) is -1.29. The first-order chi connectivity index (χ1) is 14.2. The molecule has 0 radical (unpaired) electrons. The standard InChI is InChI=1S/C18H30N3O9P/c1-10-14(23)12(30-15(10)21-7-6-13(22)19-17(21)25)8-29-31(26,27)20-11(2)16(24)28-9-18(3,4)5/h6-7,10-12,14-15,23H,8-9H2,1-5H3,(H,19,22,25)(H2,20,26,27). The molecule has 0 aliphatic carbocycles. The quantitative estimate of drug-likeness (QED) is 0.307. The maximum absolute atomic E-state index is 12.3. The molecular weight excluding hydrogens is 433 g/mol. The molecule has 2 heterocycles. The number of rotatable bonds is 8. The van der Waals surface area contributed by atoms with Crippen molar-refractivity contribution in [3.63, 3.8) is 0 Å². The van der Waals surface area contributed by atoms with Gasteiger partial charge >= 0.3 is 19.4 Å². The smallest absolute Gasteiger partial charge is 0.403 e. The minimum atomic E-state index is -4.43. The van der Waals surface area contributed by atoms with Crippen LogP contribution in [-0.2, 0) is 23.4 Å². The van der Waals surface area contributed by atoms with Gasteiger partial charge in [0.05, 0.1) is 19.3 Å². The predicted molar refractivity (Wildman–Crippen MR) is 109 cm³/mol. The van der Waals surface area contributed by atoms with Crippen LogP contribution in [0.3, 0.4) is 0 Å². The highest BCUT2D eigenvalue weighted by molar-refractivity contribution is 7.50. The van der Waals surface area contributed by atoms with Crippen molar-refractivity contribution in [1.82, 2.24) is 14.6 Å². The number of carbonyl (C=O) groups excluding carboxylic acids is 1. The van der Waals surface area contributed by atoms with E-state index in [1.165, 1.54) is 13.1 Å². The van der Waals surface area contributed by atoms with Crippen molar-refractivity contribution in [2.75, 3.05) is 13.2 Å². The second-order valence-electron chi connectivity index (χ2n) is 8.77. The fourth-order valence-electron chi connectivity index (χ4n) is 2.90. The van der Waals surface area contributed by atoms with E-state index >= 15 is 0 Å². The molecule has 1 aliphatic rings. The lowest BCUT2D eigenvalue weighted by Crippen LogP contribution is -2.36. The van der Waals surface area contributed by atoms with Crippen LogP contribution in [0.5, 0.6) is 0 Å². The molecule has 0 amide bonds. The zero-order valence-electron chi connectivity index (χ0n) is 18.1. The Labute approximate surface area is 179 Å². The second-order valence-corrected chi connectivity index (χ2v) is 10.3. The van der Waals surface area contributed by atoms with Crippen molar-refractivity contribution in [3.05, 3.63) is 33.1 Å². The van der Waals surface area contributed by atoms with Gasteiger partial charge in [-0.2, -0.15) is 0 Å². The first-order valence-electron chi connectivity index (χ1n) is 9.77. The number of hydrogen-bond acceptors (Lipinski definition) is 8. The van der Waals surface area contributed by atoms with E-state index in [0.717, 1.165) is 10.6 Å². The SMILES string of the molecule is CC(NP(=O)(O)OCC1OC(n2ccc(=O)[nH]c2=O)C(C)C1O)C(=O)OCC(C)(C)C. The Morgan fingerprint density at radius 3 is 2.65 bits per heavy atom. The monoisotopic (exact) mass is 463 g/mol. The highest BCUT2D eigenvalue weighted by Gasteiger charge is 2.43. The topological polar surface area (TPSA) is 169 Å². The molecule has 0 saturated carbocycles. The van der Waals surface area contributed by atoms with Crippen LogP contribution in [0.4, 0.5) is 0 Å². The third-order valence-corrected chi connectivity index (χ3v) is 5.79. The van der Waals surface area contributed by atoms with Gasteiger partial charge in [0, 0.05) is 18.2 Å². The highest BCUT2D eigenvalue weighted by Crippen LogP contribution is 2.40. The molecule has 2 rings (SSSR count). The average molecular weight is 463 g/mol. The van der Waals surface area contributed by atoms with Gasteiger partial charge in [0.2, 0.25) is 0 Å². The summed E-state index contributed by atoms with van der Waals surface area (Å²) < 4.78 is 29.1. The Balaban J connectivity index is 1.95. The molecule has 12 nitrogen and oxygen atoms in total. The van der Waals surface area contributed by atoms with E-state index < -0.39 is 62.0 Å². The molecule has 1 fully saturated rings. The maximum atomic E-state index is 12.3. The molecule has 1 aliphatic heterocycles. The molecule has 0 spiro atoms. The molecule has 0 aromatic carbocycles. The van der Waals surface area contributed by atoms with Crippen LogP contribution in [0.2, 0.25) is 0 Å². The largest absolute Gasteiger partial charge is 0.464 e. The van der Waals surface area contributed by atoms with Gasteiger partial charge in [-0.15, -0.1) is 0 Å². The summed E-state index contributed by atoms with van der Waals surface area (Å²) in [6.07, 6.45) is -1.81. The first-order valence-corrected chi connectivity index (χ1v) is 11.3. The number of esters is 1. The lowest BCUT2D eigenvalue weighted by Gasteiger charge is -2.22. The Morgan fingerprint density at radius 2 is 2.06 bits per heavy atom. The van der Waals surface area contributed by atoms with Crippen LogP contribution in [0.1, 0.15) is 40.8 Å². The van der Waals surface area contributed by atoms with E-state index in [2.05, 4.69) is 10.1 Å². The maximum Gasteiger partial charge on any atom is 0.403 e. The number of aliphatic hydroxyl groups excluding tert-OH is 1. The van der Waals surface area contributed by atoms with Crippen molar-refractivity contribution < 1.29 is 33.4 Å². The van der Waals surface area contributed by atoms with Crippen molar-refractivity contribution in [2.24, 2.45) is 11.3 Å². The number of hydrogen-bond donors (Lipinski definition) is 4. The van der Waals surface area contributed by atoms with Crippen LogP contribution < -0.4 is 16.3 Å². The van der Waals surface area contributed by atoms with E-state index in [0.29, 0.717) is 0 Å². The summed E-state index contributed by atoms with van der Waals surface area (Å²) in [4.78, 5) is 47.3. The Kier molecular flexibility index (Phi) is 8.01. The number of aliphatic hydroxyl groups is 1. The molecule has 31 heavy (non-hydrogen) atoms. The third-order valence-electron chi connectivity index (χ3n) is 4.58. The molecule has 1 aromatic heterocycles. The minimum Gasteiger partial charge on any atom is -0.464 e. The zero-order chi connectivity index (χ0) is 23.6. The first kappa shape index (κ1) is 25.4. The molecule has 13 heteroatoms. The number of nitrogens with one attached hydrogen (secondary N) is 2. The molecule has 4 N–H and O–H groups in total. The van der Waals surface area contributed by atoms with E-state index in [-0.39, 0.29) is 12.0 Å². The molecular formula is C18H30N3O9P. The summed E-state index contributed by atoms with van der Waals surface area (Å²) in [7, 11) is -4.43. The van der Waals surface area contributed by atoms with Gasteiger partial charge in [-0.1, -0.05) is 27.7 Å². The number of H-pyrrole nitrogens is 1. The summed E-state index contributed by atoms with van der Waals surface area (Å²) in [6.45, 7) is 8.27. The Morgan fingerprint density at radius 1 is 1.42 bits per heavy atom. The van der Waals surface area contributed by atoms with Crippen LogP contribution in [0.25, 0.3) is 0 Å². The number of ether oxygens (including phenoxy) is 2. The normalized spacial score (nSPS) is 26.9. The van der Waals surface area contributed by atoms with Gasteiger partial charge < -0.3 is 19.5 Å². The lowest BCUT2D eigenvalue weighted by molar-refractivity contribution is -0.148. The van der Waals surface area contributed by atoms with Gasteiger partial charge in [0.1, 0.15) is 18.4 Å². The minimum absolute atomic E-state index is 0.139. The Bertz CT molecular complexity index is 938. The van der Waals surface area contributed by atoms with Crippen molar-refractivity contribution in [2.45, 2.75) is 59.1 Å². The fraction of sp³-hybridized carbons (Fsp3) is 0.722. The van der Waals surface area contributed by atoms with Crippen molar-refractivity contribution in [1.29, 1.82) is 0 Å². The number of aromatic nitrogens is 2. The molecule has 0 bridgehead atoms. The zero-order valence-corrected chi connectivity index (χ0v) is 19.0. The number of carbonyl (C=O) groups is 1. The third kappa shape index (κ3) is 7.09. The van der Waals surface area contributed by atoms with Gasteiger partial charge in [0.25, 0.3) is 5.56 Å². The molecule has 176 valence electrons. The molecule has 6 atom stereocenters. The average Bonchev–Trinajstić information content (AvgIpc) is 2.92. The second kappa shape index (κ2) is 9.76. The van der Waals surface area contributed by atoms with Gasteiger partial charge in [0.15, 0.2) is 0 Å². The Hall–Kier alpha value is -1.82. The van der Waals surface area contributed by atoms with Gasteiger partial charge in [-0.05, 0) is 12.3 Å².